The second-order valence-electron chi connectivity index (χ2n) is 10.3. The van der Waals surface area contributed by atoms with E-state index in [0.717, 1.165) is 17.1 Å². The Morgan fingerprint density at radius 1 is 0.512 bits per heavy atom. The number of nitrogens with zero attached hydrogens (tertiary/aromatic N) is 1. The van der Waals surface area contributed by atoms with E-state index in [1.807, 2.05) is 23.1 Å². The summed E-state index contributed by atoms with van der Waals surface area (Å²) in [5.74, 6) is 0. The van der Waals surface area contributed by atoms with Crippen LogP contribution in [-0.2, 0) is 0 Å². The Labute approximate surface area is 247 Å². The second kappa shape index (κ2) is 10.2. The molecule has 8 rings (SSSR count). The maximum atomic E-state index is 3.74. The average molecular weight is 563 g/mol. The van der Waals surface area contributed by atoms with Crippen molar-refractivity contribution in [2.45, 2.75) is 10.3 Å². The first-order chi connectivity index (χ1) is 20.3. The van der Waals surface area contributed by atoms with E-state index < -0.39 is 0 Å². The Morgan fingerprint density at radius 2 is 1.12 bits per heavy atom. The van der Waals surface area contributed by atoms with E-state index in [2.05, 4.69) is 156 Å². The number of para-hydroxylation sites is 1. The van der Waals surface area contributed by atoms with Crippen LogP contribution in [0.4, 0.5) is 22.7 Å². The predicted molar refractivity (Wildman–Crippen MR) is 178 cm³/mol. The summed E-state index contributed by atoms with van der Waals surface area (Å²) < 4.78 is 2.63. The summed E-state index contributed by atoms with van der Waals surface area (Å²) in [7, 11) is 0. The topological polar surface area (TPSA) is 15.3 Å². The van der Waals surface area contributed by atoms with Crippen LogP contribution in [0.2, 0.25) is 0 Å². The van der Waals surface area contributed by atoms with E-state index in [1.54, 1.807) is 0 Å². The maximum Gasteiger partial charge on any atom is 0.103 e. The van der Waals surface area contributed by atoms with Crippen LogP contribution in [0.3, 0.4) is 0 Å². The molecule has 0 amide bonds. The van der Waals surface area contributed by atoms with Crippen LogP contribution in [0.15, 0.2) is 150 Å². The third-order valence-corrected chi connectivity index (χ3v) is 10.0. The monoisotopic (exact) mass is 562 g/mol. The first kappa shape index (κ1) is 24.3. The Morgan fingerprint density at radius 3 is 1.88 bits per heavy atom. The molecule has 41 heavy (non-hydrogen) atoms. The van der Waals surface area contributed by atoms with E-state index in [-0.39, 0.29) is 5.37 Å². The summed E-state index contributed by atoms with van der Waals surface area (Å²) in [4.78, 5) is 3.67. The molecule has 0 aliphatic carbocycles. The molecule has 7 aromatic rings. The molecule has 1 atom stereocenters. The zero-order valence-corrected chi connectivity index (χ0v) is 23.8. The number of hydrogen-bond acceptors (Lipinski definition) is 4. The lowest BCUT2D eigenvalue weighted by Gasteiger charge is -2.25. The quantitative estimate of drug-likeness (QED) is 0.225. The van der Waals surface area contributed by atoms with Crippen LogP contribution in [0, 0.1) is 0 Å². The highest BCUT2D eigenvalue weighted by Crippen LogP contribution is 2.50. The van der Waals surface area contributed by atoms with Gasteiger partial charge < -0.3 is 10.2 Å². The van der Waals surface area contributed by atoms with Gasteiger partial charge in [0.25, 0.3) is 0 Å². The number of thioether (sulfide) groups is 1. The maximum absolute atomic E-state index is 3.74. The van der Waals surface area contributed by atoms with E-state index >= 15 is 0 Å². The summed E-state index contributed by atoms with van der Waals surface area (Å²) in [5, 5.41) is 6.61. The molecule has 1 N–H and O–H groups in total. The van der Waals surface area contributed by atoms with Crippen LogP contribution >= 0.6 is 23.1 Å². The summed E-state index contributed by atoms with van der Waals surface area (Å²) in [5.41, 5.74) is 8.42. The summed E-state index contributed by atoms with van der Waals surface area (Å²) in [6.07, 6.45) is 0. The smallest absolute Gasteiger partial charge is 0.103 e. The highest BCUT2D eigenvalue weighted by atomic mass is 32.2. The summed E-state index contributed by atoms with van der Waals surface area (Å²) >= 11 is 3.77. The van der Waals surface area contributed by atoms with E-state index in [1.165, 1.54) is 47.4 Å². The fourth-order valence-corrected chi connectivity index (χ4v) is 7.95. The van der Waals surface area contributed by atoms with E-state index in [9.17, 15) is 0 Å². The van der Waals surface area contributed by atoms with Crippen LogP contribution in [0.1, 0.15) is 10.9 Å². The molecule has 0 radical (unpaired) electrons. The summed E-state index contributed by atoms with van der Waals surface area (Å²) in [6, 6.07) is 52.4. The number of hydrogen-bond donors (Lipinski definition) is 1. The summed E-state index contributed by atoms with van der Waals surface area (Å²) in [6.45, 7) is 0. The van der Waals surface area contributed by atoms with Gasteiger partial charge in [-0.25, -0.2) is 0 Å². The fraction of sp³-hybridized carbons (Fsp3) is 0.0270. The lowest BCUT2D eigenvalue weighted by Crippen LogP contribution is -2.09. The van der Waals surface area contributed by atoms with Crippen LogP contribution < -0.4 is 10.2 Å². The predicted octanol–water partition coefficient (Wildman–Crippen LogP) is 11.4. The molecule has 0 saturated heterocycles. The van der Waals surface area contributed by atoms with Crippen molar-refractivity contribution in [3.63, 3.8) is 0 Å². The van der Waals surface area contributed by atoms with Gasteiger partial charge in [0.2, 0.25) is 0 Å². The van der Waals surface area contributed by atoms with Gasteiger partial charge in [0.05, 0.1) is 5.69 Å². The molecule has 0 bridgehead atoms. The molecular weight excluding hydrogens is 537 g/mol. The minimum absolute atomic E-state index is 0.247. The minimum atomic E-state index is 0.247. The molecule has 196 valence electrons. The lowest BCUT2D eigenvalue weighted by molar-refractivity contribution is 1.14. The molecule has 1 unspecified atom stereocenters. The Balaban J connectivity index is 1.21. The van der Waals surface area contributed by atoms with Crippen molar-refractivity contribution >= 4 is 66.0 Å². The first-order valence-corrected chi connectivity index (χ1v) is 15.5. The van der Waals surface area contributed by atoms with Gasteiger partial charge in [-0.15, -0.1) is 11.3 Å². The molecule has 1 aromatic heterocycles. The highest BCUT2D eigenvalue weighted by molar-refractivity contribution is 8.00. The molecule has 0 saturated carbocycles. The Hall–Kier alpha value is -4.51. The zero-order chi connectivity index (χ0) is 27.2. The third-order valence-electron chi connectivity index (χ3n) is 7.69. The van der Waals surface area contributed by atoms with Gasteiger partial charge >= 0.3 is 0 Å². The average Bonchev–Trinajstić information content (AvgIpc) is 3.62. The lowest BCUT2D eigenvalue weighted by atomic mass is 10.0. The van der Waals surface area contributed by atoms with Gasteiger partial charge in [-0.05, 0) is 71.3 Å². The molecule has 2 heterocycles. The van der Waals surface area contributed by atoms with Crippen molar-refractivity contribution in [1.29, 1.82) is 0 Å². The zero-order valence-electron chi connectivity index (χ0n) is 22.2. The number of fused-ring (bicyclic) bond motifs is 4. The molecule has 2 nitrogen and oxygen atoms in total. The molecule has 1 aliphatic rings. The number of thiophene rings is 1. The van der Waals surface area contributed by atoms with E-state index in [0.29, 0.717) is 0 Å². The number of anilines is 4. The first-order valence-electron chi connectivity index (χ1n) is 13.8. The van der Waals surface area contributed by atoms with Crippen LogP contribution in [0.25, 0.3) is 31.3 Å². The molecule has 0 spiro atoms. The standard InChI is InChI=1S/C37H26N2S2/c1-4-10-25(11-5-1)26-16-18-29(19-17-26)39(28-14-8-3-9-15-28)30-20-21-34-31(22-30)32-23-36-33(24-35(32)40-34)38-37(41-36)27-12-6-2-7-13-27/h1-24,37-38H. The fourth-order valence-electron chi connectivity index (χ4n) is 5.67. The number of nitrogens with one attached hydrogen (secondary N) is 1. The second-order valence-corrected chi connectivity index (χ2v) is 12.5. The highest BCUT2D eigenvalue weighted by Gasteiger charge is 2.24. The van der Waals surface area contributed by atoms with Crippen molar-refractivity contribution in [2.24, 2.45) is 0 Å². The Bertz CT molecular complexity index is 1980. The minimum Gasteiger partial charge on any atom is -0.368 e. The van der Waals surface area contributed by atoms with Crippen molar-refractivity contribution in [3.05, 3.63) is 151 Å². The molecule has 0 fully saturated rings. The van der Waals surface area contributed by atoms with Crippen molar-refractivity contribution in [1.82, 2.24) is 0 Å². The van der Waals surface area contributed by atoms with Crippen LogP contribution in [-0.4, -0.2) is 0 Å². The van der Waals surface area contributed by atoms with Gasteiger partial charge in [-0.3, -0.25) is 0 Å². The largest absolute Gasteiger partial charge is 0.368 e. The van der Waals surface area contributed by atoms with E-state index in [4.69, 9.17) is 0 Å². The Kier molecular flexibility index (Phi) is 6.02. The van der Waals surface area contributed by atoms with Gasteiger partial charge in [-0.1, -0.05) is 103 Å². The normalized spacial score (nSPS) is 14.2. The van der Waals surface area contributed by atoms with Crippen molar-refractivity contribution in [2.75, 3.05) is 10.2 Å². The van der Waals surface area contributed by atoms with Gasteiger partial charge in [0.1, 0.15) is 5.37 Å². The van der Waals surface area contributed by atoms with Crippen molar-refractivity contribution in [3.8, 4) is 11.1 Å². The molecule has 1 aliphatic heterocycles. The van der Waals surface area contributed by atoms with Crippen molar-refractivity contribution < 1.29 is 0 Å². The molecular formula is C37H26N2S2. The number of benzene rings is 6. The third kappa shape index (κ3) is 4.46. The van der Waals surface area contributed by atoms with Gasteiger partial charge in [0.15, 0.2) is 0 Å². The number of rotatable bonds is 5. The molecule has 4 heteroatoms. The van der Waals surface area contributed by atoms with Gasteiger partial charge in [0, 0.05) is 42.1 Å². The van der Waals surface area contributed by atoms with Crippen LogP contribution in [0.5, 0.6) is 0 Å². The van der Waals surface area contributed by atoms with Gasteiger partial charge in [-0.2, -0.15) is 0 Å². The molecule has 6 aromatic carbocycles. The SMILES string of the molecule is c1ccc(-c2ccc(N(c3ccccc3)c3ccc4sc5cc6c(cc5c4c3)SC(c3ccccc3)N6)cc2)cc1.